The molecule has 0 bridgehead atoms. The van der Waals surface area contributed by atoms with Gasteiger partial charge in [-0.05, 0) is 6.42 Å². The molecule has 6 nitrogen and oxygen atoms in total. The summed E-state index contributed by atoms with van der Waals surface area (Å²) in [4.78, 5) is 23.5. The number of cyclic esters (lactones) is 1. The number of carbonyl (C=O) groups excluding carboxylic acids is 2. The van der Waals surface area contributed by atoms with E-state index < -0.39 is 24.8 Å². The summed E-state index contributed by atoms with van der Waals surface area (Å²) in [5.74, 6) is -1.14. The topological polar surface area (TPSA) is 104 Å². The normalized spacial score (nSPS) is 18.4. The highest BCUT2D eigenvalue weighted by molar-refractivity contribution is 6.19. The van der Waals surface area contributed by atoms with E-state index in [1.807, 2.05) is 6.92 Å². The summed E-state index contributed by atoms with van der Waals surface area (Å²) < 4.78 is 4.73. The van der Waals surface area contributed by atoms with Gasteiger partial charge in [0.1, 0.15) is 24.4 Å². The molecule has 0 aliphatic carbocycles. The molecule has 0 radical (unpaired) electrons. The Balaban J connectivity index is 2.84. The van der Waals surface area contributed by atoms with Crippen molar-refractivity contribution in [2.75, 3.05) is 13.2 Å². The Morgan fingerprint density at radius 1 is 1.37 bits per heavy atom. The van der Waals surface area contributed by atoms with E-state index in [0.29, 0.717) is 6.42 Å². The second-order valence-electron chi connectivity index (χ2n) is 4.55. The SMILES string of the molecule is CCCCCC(=O)C1=C([C@@H](O)[C@H](O)CO)COC1=O. The Bertz CT molecular complexity index is 373. The first kappa shape index (κ1) is 15.8. The van der Waals surface area contributed by atoms with E-state index in [0.717, 1.165) is 12.8 Å². The Kier molecular flexibility index (Phi) is 6.14. The molecule has 1 rings (SSSR count). The lowest BCUT2D eigenvalue weighted by Crippen LogP contribution is -2.32. The number of ether oxygens (including phenoxy) is 1. The minimum Gasteiger partial charge on any atom is -0.457 e. The molecule has 0 saturated carbocycles. The third kappa shape index (κ3) is 3.86. The van der Waals surface area contributed by atoms with Gasteiger partial charge in [0.2, 0.25) is 0 Å². The predicted molar refractivity (Wildman–Crippen MR) is 66.2 cm³/mol. The maximum atomic E-state index is 11.9. The first-order valence-electron chi connectivity index (χ1n) is 6.43. The lowest BCUT2D eigenvalue weighted by Gasteiger charge is -2.16. The van der Waals surface area contributed by atoms with Gasteiger partial charge in [0, 0.05) is 12.0 Å². The van der Waals surface area contributed by atoms with Crippen LogP contribution in [0.25, 0.3) is 0 Å². The van der Waals surface area contributed by atoms with Gasteiger partial charge in [0.15, 0.2) is 5.78 Å². The van der Waals surface area contributed by atoms with Crippen molar-refractivity contribution in [3.8, 4) is 0 Å². The van der Waals surface area contributed by atoms with Crippen molar-refractivity contribution in [2.24, 2.45) is 0 Å². The molecule has 1 heterocycles. The average molecular weight is 272 g/mol. The molecule has 0 fully saturated rings. The first-order chi connectivity index (χ1) is 9.02. The van der Waals surface area contributed by atoms with Gasteiger partial charge in [-0.1, -0.05) is 19.8 Å². The van der Waals surface area contributed by atoms with Gasteiger partial charge in [-0.15, -0.1) is 0 Å². The molecular formula is C13H20O6. The second-order valence-corrected chi connectivity index (χ2v) is 4.55. The number of unbranched alkanes of at least 4 members (excludes halogenated alkanes) is 2. The van der Waals surface area contributed by atoms with Crippen LogP contribution in [0.2, 0.25) is 0 Å². The molecule has 1 aliphatic rings. The number of hydrogen-bond donors (Lipinski definition) is 3. The highest BCUT2D eigenvalue weighted by Crippen LogP contribution is 2.23. The third-order valence-electron chi connectivity index (χ3n) is 3.08. The van der Waals surface area contributed by atoms with Crippen LogP contribution < -0.4 is 0 Å². The van der Waals surface area contributed by atoms with Crippen molar-refractivity contribution in [1.82, 2.24) is 0 Å². The fourth-order valence-corrected chi connectivity index (χ4v) is 1.94. The molecule has 0 unspecified atom stereocenters. The quantitative estimate of drug-likeness (QED) is 0.318. The van der Waals surface area contributed by atoms with E-state index in [9.17, 15) is 19.8 Å². The molecule has 0 aromatic rings. The van der Waals surface area contributed by atoms with Crippen molar-refractivity contribution >= 4 is 11.8 Å². The van der Waals surface area contributed by atoms with Crippen LogP contribution in [0.5, 0.6) is 0 Å². The monoisotopic (exact) mass is 272 g/mol. The van der Waals surface area contributed by atoms with Gasteiger partial charge in [-0.3, -0.25) is 4.79 Å². The number of aliphatic hydroxyl groups excluding tert-OH is 3. The van der Waals surface area contributed by atoms with Crippen LogP contribution in [-0.2, 0) is 14.3 Å². The summed E-state index contributed by atoms with van der Waals surface area (Å²) in [6, 6.07) is 0. The van der Waals surface area contributed by atoms with Crippen molar-refractivity contribution < 1.29 is 29.6 Å². The number of ketones is 1. The van der Waals surface area contributed by atoms with E-state index in [-0.39, 0.29) is 30.0 Å². The van der Waals surface area contributed by atoms with Crippen LogP contribution in [0.3, 0.4) is 0 Å². The Morgan fingerprint density at radius 2 is 2.05 bits per heavy atom. The fraction of sp³-hybridized carbons (Fsp3) is 0.692. The molecule has 0 saturated heterocycles. The number of rotatable bonds is 8. The lowest BCUT2D eigenvalue weighted by molar-refractivity contribution is -0.137. The summed E-state index contributed by atoms with van der Waals surface area (Å²) in [5, 5.41) is 27.9. The Labute approximate surface area is 111 Å². The molecule has 0 aromatic heterocycles. The number of Topliss-reactive ketones (excluding diaryl/α,β-unsaturated/α-hetero) is 1. The number of esters is 1. The van der Waals surface area contributed by atoms with Gasteiger partial charge in [0.25, 0.3) is 0 Å². The van der Waals surface area contributed by atoms with Gasteiger partial charge in [-0.2, -0.15) is 0 Å². The molecule has 2 atom stereocenters. The van der Waals surface area contributed by atoms with Gasteiger partial charge in [0.05, 0.1) is 6.61 Å². The number of carbonyl (C=O) groups is 2. The molecule has 6 heteroatoms. The van der Waals surface area contributed by atoms with Gasteiger partial charge < -0.3 is 20.1 Å². The van der Waals surface area contributed by atoms with Crippen molar-refractivity contribution in [2.45, 2.75) is 44.8 Å². The van der Waals surface area contributed by atoms with Crippen molar-refractivity contribution in [3.05, 3.63) is 11.1 Å². The zero-order chi connectivity index (χ0) is 14.4. The van der Waals surface area contributed by atoms with Crippen LogP contribution in [0.1, 0.15) is 32.6 Å². The highest BCUT2D eigenvalue weighted by Gasteiger charge is 2.35. The highest BCUT2D eigenvalue weighted by atomic mass is 16.5. The zero-order valence-electron chi connectivity index (χ0n) is 11.0. The van der Waals surface area contributed by atoms with E-state index in [1.165, 1.54) is 0 Å². The molecule has 0 amide bonds. The summed E-state index contributed by atoms with van der Waals surface area (Å²) in [6.45, 7) is 1.13. The number of hydrogen-bond acceptors (Lipinski definition) is 6. The van der Waals surface area contributed by atoms with E-state index in [1.54, 1.807) is 0 Å². The summed E-state index contributed by atoms with van der Waals surface area (Å²) in [6.07, 6.45) is -0.174. The van der Waals surface area contributed by atoms with Crippen LogP contribution in [-0.4, -0.2) is 52.5 Å². The van der Waals surface area contributed by atoms with Gasteiger partial charge >= 0.3 is 5.97 Å². The van der Waals surface area contributed by atoms with E-state index >= 15 is 0 Å². The smallest absolute Gasteiger partial charge is 0.342 e. The molecule has 0 aromatic carbocycles. The molecule has 19 heavy (non-hydrogen) atoms. The predicted octanol–water partition coefficient (Wildman–Crippen LogP) is -0.297. The molecular weight excluding hydrogens is 252 g/mol. The van der Waals surface area contributed by atoms with E-state index in [4.69, 9.17) is 9.84 Å². The van der Waals surface area contributed by atoms with Crippen LogP contribution >= 0.6 is 0 Å². The fourth-order valence-electron chi connectivity index (χ4n) is 1.94. The maximum Gasteiger partial charge on any atom is 0.342 e. The van der Waals surface area contributed by atoms with Crippen LogP contribution in [0.15, 0.2) is 11.1 Å². The Hall–Kier alpha value is -1.24. The van der Waals surface area contributed by atoms with Gasteiger partial charge in [-0.25, -0.2) is 4.79 Å². The molecule has 0 spiro atoms. The standard InChI is InChI=1S/C13H20O6/c1-2-3-4-5-9(15)11-8(7-19-13(11)18)12(17)10(16)6-14/h10,12,14,16-17H,2-7H2,1H3/t10-,12-/m1/s1. The first-order valence-corrected chi connectivity index (χ1v) is 6.43. The van der Waals surface area contributed by atoms with Crippen molar-refractivity contribution in [1.29, 1.82) is 0 Å². The average Bonchev–Trinajstić information content (AvgIpc) is 2.79. The molecule has 3 N–H and O–H groups in total. The summed E-state index contributed by atoms with van der Waals surface area (Å²) >= 11 is 0. The maximum absolute atomic E-state index is 11.9. The molecule has 1 aliphatic heterocycles. The zero-order valence-corrected chi connectivity index (χ0v) is 11.0. The van der Waals surface area contributed by atoms with Crippen molar-refractivity contribution in [3.63, 3.8) is 0 Å². The third-order valence-corrected chi connectivity index (χ3v) is 3.08. The molecule has 108 valence electrons. The lowest BCUT2D eigenvalue weighted by atomic mass is 9.96. The summed E-state index contributed by atoms with van der Waals surface area (Å²) in [5.41, 5.74) is -0.107. The minimum atomic E-state index is -1.46. The summed E-state index contributed by atoms with van der Waals surface area (Å²) in [7, 11) is 0. The van der Waals surface area contributed by atoms with Crippen LogP contribution in [0, 0.1) is 0 Å². The van der Waals surface area contributed by atoms with E-state index in [2.05, 4.69) is 0 Å². The Morgan fingerprint density at radius 3 is 2.63 bits per heavy atom. The minimum absolute atomic E-state index is 0.0630. The number of aliphatic hydroxyl groups is 3. The van der Waals surface area contributed by atoms with Crippen LogP contribution in [0.4, 0.5) is 0 Å². The largest absolute Gasteiger partial charge is 0.457 e. The second kappa shape index (κ2) is 7.37.